The van der Waals surface area contributed by atoms with E-state index < -0.39 is 6.04 Å². The van der Waals surface area contributed by atoms with E-state index >= 15 is 0 Å². The number of nitrogens with one attached hydrogen (secondary N) is 1. The zero-order valence-electron chi connectivity index (χ0n) is 20.5. The van der Waals surface area contributed by atoms with Gasteiger partial charge in [-0.2, -0.15) is 0 Å². The molecule has 0 fully saturated rings. The molecule has 7 heteroatoms. The molecule has 2 aromatic carbocycles. The molecule has 2 aromatic rings. The molecule has 0 saturated heterocycles. The molecule has 0 spiro atoms. The standard InChI is InChI=1S/C26H36N2O5/c1-7-24(26(30)27-15-18(2)3)28(16-20-10-8-19(4)9-11-20)25(29)17-33-23-13-21(31-5)12-22(14-23)32-6/h8-14,18,24H,7,15-17H2,1-6H3,(H,27,30). The van der Waals surface area contributed by atoms with Crippen molar-refractivity contribution in [3.05, 3.63) is 53.6 Å². The van der Waals surface area contributed by atoms with Crippen LogP contribution in [-0.4, -0.2) is 50.1 Å². The molecule has 0 aliphatic carbocycles. The lowest BCUT2D eigenvalue weighted by molar-refractivity contribution is -0.143. The third-order valence-electron chi connectivity index (χ3n) is 5.23. The number of ether oxygens (including phenoxy) is 3. The first-order chi connectivity index (χ1) is 15.8. The van der Waals surface area contributed by atoms with Crippen LogP contribution < -0.4 is 19.5 Å². The fourth-order valence-corrected chi connectivity index (χ4v) is 3.32. The van der Waals surface area contributed by atoms with Crippen LogP contribution in [0.1, 0.15) is 38.3 Å². The fourth-order valence-electron chi connectivity index (χ4n) is 3.32. The molecule has 180 valence electrons. The molecule has 1 atom stereocenters. The van der Waals surface area contributed by atoms with Crippen LogP contribution in [0.15, 0.2) is 42.5 Å². The van der Waals surface area contributed by atoms with Crippen LogP contribution in [0.5, 0.6) is 17.2 Å². The first-order valence-corrected chi connectivity index (χ1v) is 11.3. The van der Waals surface area contributed by atoms with Gasteiger partial charge < -0.3 is 24.4 Å². The van der Waals surface area contributed by atoms with Crippen molar-refractivity contribution < 1.29 is 23.8 Å². The van der Waals surface area contributed by atoms with Crippen LogP contribution in [0.4, 0.5) is 0 Å². The van der Waals surface area contributed by atoms with E-state index in [1.54, 1.807) is 37.3 Å². The maximum absolute atomic E-state index is 13.3. The number of carbonyl (C=O) groups excluding carboxylic acids is 2. The van der Waals surface area contributed by atoms with Crippen molar-refractivity contribution in [2.24, 2.45) is 5.92 Å². The van der Waals surface area contributed by atoms with E-state index in [1.165, 1.54) is 0 Å². The van der Waals surface area contributed by atoms with Crippen molar-refractivity contribution in [1.82, 2.24) is 10.2 Å². The smallest absolute Gasteiger partial charge is 0.261 e. The van der Waals surface area contributed by atoms with Crippen molar-refractivity contribution in [2.45, 2.75) is 46.7 Å². The molecule has 33 heavy (non-hydrogen) atoms. The highest BCUT2D eigenvalue weighted by Gasteiger charge is 2.29. The largest absolute Gasteiger partial charge is 0.496 e. The molecule has 1 N–H and O–H groups in total. The summed E-state index contributed by atoms with van der Waals surface area (Å²) in [5.74, 6) is 1.46. The van der Waals surface area contributed by atoms with Crippen LogP contribution in [0, 0.1) is 12.8 Å². The van der Waals surface area contributed by atoms with Crippen LogP contribution in [0.25, 0.3) is 0 Å². The summed E-state index contributed by atoms with van der Waals surface area (Å²) in [6.45, 7) is 8.65. The Morgan fingerprint density at radius 1 is 0.970 bits per heavy atom. The van der Waals surface area contributed by atoms with E-state index in [2.05, 4.69) is 5.32 Å². The van der Waals surface area contributed by atoms with Gasteiger partial charge in [0.1, 0.15) is 23.3 Å². The van der Waals surface area contributed by atoms with Gasteiger partial charge in [0.2, 0.25) is 5.91 Å². The summed E-state index contributed by atoms with van der Waals surface area (Å²) >= 11 is 0. The molecule has 0 aliphatic rings. The number of methoxy groups -OCH3 is 2. The first kappa shape index (κ1) is 26.0. The number of amides is 2. The highest BCUT2D eigenvalue weighted by atomic mass is 16.5. The van der Waals surface area contributed by atoms with Gasteiger partial charge in [0.15, 0.2) is 6.61 Å². The Morgan fingerprint density at radius 2 is 1.55 bits per heavy atom. The number of aryl methyl sites for hydroxylation is 1. The average Bonchev–Trinajstić information content (AvgIpc) is 2.81. The van der Waals surface area contributed by atoms with Gasteiger partial charge in [0, 0.05) is 31.3 Å². The lowest BCUT2D eigenvalue weighted by atomic mass is 10.1. The van der Waals surface area contributed by atoms with Gasteiger partial charge in [-0.3, -0.25) is 9.59 Å². The molecular weight excluding hydrogens is 420 g/mol. The summed E-state index contributed by atoms with van der Waals surface area (Å²) in [5.41, 5.74) is 2.08. The number of benzene rings is 2. The topological polar surface area (TPSA) is 77.1 Å². The van der Waals surface area contributed by atoms with Gasteiger partial charge in [0.05, 0.1) is 14.2 Å². The van der Waals surface area contributed by atoms with E-state index in [-0.39, 0.29) is 18.4 Å². The number of carbonyl (C=O) groups is 2. The summed E-state index contributed by atoms with van der Waals surface area (Å²) in [5, 5.41) is 2.96. The number of nitrogens with zero attached hydrogens (tertiary/aromatic N) is 1. The van der Waals surface area contributed by atoms with E-state index in [4.69, 9.17) is 14.2 Å². The Balaban J connectivity index is 2.22. The number of rotatable bonds is 12. The third kappa shape index (κ3) is 8.00. The van der Waals surface area contributed by atoms with Crippen molar-refractivity contribution in [1.29, 1.82) is 0 Å². The van der Waals surface area contributed by atoms with Crippen molar-refractivity contribution >= 4 is 11.8 Å². The Bertz CT molecular complexity index is 889. The third-order valence-corrected chi connectivity index (χ3v) is 5.23. The highest BCUT2D eigenvalue weighted by Crippen LogP contribution is 2.27. The van der Waals surface area contributed by atoms with Gasteiger partial charge in [-0.05, 0) is 24.8 Å². The maximum Gasteiger partial charge on any atom is 0.261 e. The minimum atomic E-state index is -0.596. The van der Waals surface area contributed by atoms with Crippen LogP contribution >= 0.6 is 0 Å². The van der Waals surface area contributed by atoms with Crippen molar-refractivity contribution in [3.8, 4) is 17.2 Å². The molecule has 2 rings (SSSR count). The maximum atomic E-state index is 13.3. The van der Waals surface area contributed by atoms with Gasteiger partial charge in [-0.1, -0.05) is 50.6 Å². The lowest BCUT2D eigenvalue weighted by Gasteiger charge is -2.31. The SMILES string of the molecule is CCC(C(=O)NCC(C)C)N(Cc1ccc(C)cc1)C(=O)COc1cc(OC)cc(OC)c1. The normalized spacial score (nSPS) is 11.6. The Labute approximate surface area is 197 Å². The van der Waals surface area contributed by atoms with Crippen molar-refractivity contribution in [2.75, 3.05) is 27.4 Å². The number of hydrogen-bond donors (Lipinski definition) is 1. The average molecular weight is 457 g/mol. The second-order valence-corrected chi connectivity index (χ2v) is 8.41. The highest BCUT2D eigenvalue weighted by molar-refractivity contribution is 5.88. The Morgan fingerprint density at radius 3 is 2.06 bits per heavy atom. The van der Waals surface area contributed by atoms with Crippen molar-refractivity contribution in [3.63, 3.8) is 0 Å². The monoisotopic (exact) mass is 456 g/mol. The fraction of sp³-hybridized carbons (Fsp3) is 0.462. The van der Waals surface area contributed by atoms with E-state index in [1.807, 2.05) is 52.0 Å². The number of hydrogen-bond acceptors (Lipinski definition) is 5. The summed E-state index contributed by atoms with van der Waals surface area (Å²) < 4.78 is 16.3. The Kier molecular flexibility index (Phi) is 10.0. The zero-order valence-corrected chi connectivity index (χ0v) is 20.5. The van der Waals surface area contributed by atoms with Crippen LogP contribution in [-0.2, 0) is 16.1 Å². The summed E-state index contributed by atoms with van der Waals surface area (Å²) in [7, 11) is 3.10. The van der Waals surface area contributed by atoms with Gasteiger partial charge in [-0.15, -0.1) is 0 Å². The predicted molar refractivity (Wildman–Crippen MR) is 129 cm³/mol. The lowest BCUT2D eigenvalue weighted by Crippen LogP contribution is -2.50. The summed E-state index contributed by atoms with van der Waals surface area (Å²) in [4.78, 5) is 27.8. The molecule has 0 saturated carbocycles. The van der Waals surface area contributed by atoms with Gasteiger partial charge >= 0.3 is 0 Å². The first-order valence-electron chi connectivity index (χ1n) is 11.3. The molecule has 0 bridgehead atoms. The molecular formula is C26H36N2O5. The van der Waals surface area contributed by atoms with Crippen LogP contribution in [0.2, 0.25) is 0 Å². The van der Waals surface area contributed by atoms with E-state index in [0.29, 0.717) is 42.7 Å². The quantitative estimate of drug-likeness (QED) is 0.523. The molecule has 0 heterocycles. The second-order valence-electron chi connectivity index (χ2n) is 8.41. The molecule has 0 radical (unpaired) electrons. The van der Waals surface area contributed by atoms with Crippen LogP contribution in [0.3, 0.4) is 0 Å². The van der Waals surface area contributed by atoms with E-state index in [0.717, 1.165) is 11.1 Å². The molecule has 0 aliphatic heterocycles. The van der Waals surface area contributed by atoms with Gasteiger partial charge in [-0.25, -0.2) is 0 Å². The minimum Gasteiger partial charge on any atom is -0.496 e. The summed E-state index contributed by atoms with van der Waals surface area (Å²) in [6.07, 6.45) is 0.495. The molecule has 2 amide bonds. The molecule has 1 unspecified atom stereocenters. The second kappa shape index (κ2) is 12.7. The summed E-state index contributed by atoms with van der Waals surface area (Å²) in [6, 6.07) is 12.4. The molecule has 7 nitrogen and oxygen atoms in total. The Hall–Kier alpha value is -3.22. The predicted octanol–water partition coefficient (Wildman–Crippen LogP) is 3.97. The minimum absolute atomic E-state index is 0.158. The van der Waals surface area contributed by atoms with Gasteiger partial charge in [0.25, 0.3) is 5.91 Å². The zero-order chi connectivity index (χ0) is 24.4. The molecule has 0 aromatic heterocycles. The van der Waals surface area contributed by atoms with E-state index in [9.17, 15) is 9.59 Å².